The van der Waals surface area contributed by atoms with Crippen molar-refractivity contribution in [3.05, 3.63) is 24.3 Å². The maximum absolute atomic E-state index is 10.5. The summed E-state index contributed by atoms with van der Waals surface area (Å²) >= 11 is 0. The first kappa shape index (κ1) is 11.1. The van der Waals surface area contributed by atoms with E-state index in [2.05, 4.69) is 0 Å². The van der Waals surface area contributed by atoms with Crippen molar-refractivity contribution in [1.29, 1.82) is 0 Å². The van der Waals surface area contributed by atoms with Crippen LogP contribution in [0.25, 0.3) is 0 Å². The third-order valence-electron chi connectivity index (χ3n) is 1.38. The van der Waals surface area contributed by atoms with Crippen molar-refractivity contribution in [3.8, 4) is 0 Å². The SMILES string of the molecule is O=S(=O)([O-])c1cccc(S(=O)(=O)[O-])c1. The minimum Gasteiger partial charge on any atom is -0.744 e. The molecule has 6 nitrogen and oxygen atoms in total. The number of rotatable bonds is 2. The van der Waals surface area contributed by atoms with Crippen LogP contribution < -0.4 is 0 Å². The quantitative estimate of drug-likeness (QED) is 0.639. The monoisotopic (exact) mass is 236 g/mol. The Balaban J connectivity index is 3.44. The van der Waals surface area contributed by atoms with Gasteiger partial charge in [0.1, 0.15) is 20.2 Å². The van der Waals surface area contributed by atoms with E-state index in [9.17, 15) is 25.9 Å². The van der Waals surface area contributed by atoms with Gasteiger partial charge in [-0.3, -0.25) is 0 Å². The highest BCUT2D eigenvalue weighted by Gasteiger charge is 2.05. The molecule has 0 aliphatic rings. The third kappa shape index (κ3) is 2.51. The van der Waals surface area contributed by atoms with Gasteiger partial charge in [-0.15, -0.1) is 0 Å². The lowest BCUT2D eigenvalue weighted by atomic mass is 10.4. The number of hydrogen-bond donors (Lipinski definition) is 0. The molecule has 0 spiro atoms. The van der Waals surface area contributed by atoms with Gasteiger partial charge in [0.25, 0.3) is 0 Å². The van der Waals surface area contributed by atoms with Crippen LogP contribution >= 0.6 is 0 Å². The average Bonchev–Trinajstić information content (AvgIpc) is 2.01. The maximum atomic E-state index is 10.5. The van der Waals surface area contributed by atoms with E-state index in [1.807, 2.05) is 0 Å². The van der Waals surface area contributed by atoms with Gasteiger partial charge in [0.05, 0.1) is 9.79 Å². The standard InChI is InChI=1S/C6H6O6S2/c7-13(8,9)5-2-1-3-6(4-5)14(10,11)12/h1-4H,(H,7,8,9)(H,10,11,12)/p-2. The Morgan fingerprint density at radius 1 is 0.857 bits per heavy atom. The fourth-order valence-electron chi connectivity index (χ4n) is 0.785. The van der Waals surface area contributed by atoms with Gasteiger partial charge in [-0.05, 0) is 18.2 Å². The second kappa shape index (κ2) is 3.31. The molecule has 0 saturated heterocycles. The first-order valence-corrected chi connectivity index (χ1v) is 6.05. The fraction of sp³-hybridized carbons (Fsp3) is 0. The Morgan fingerprint density at radius 2 is 1.21 bits per heavy atom. The molecule has 1 aromatic carbocycles. The molecule has 0 aliphatic heterocycles. The summed E-state index contributed by atoms with van der Waals surface area (Å²) < 4.78 is 62.8. The van der Waals surface area contributed by atoms with E-state index in [-0.39, 0.29) is 0 Å². The van der Waals surface area contributed by atoms with Gasteiger partial charge in [-0.2, -0.15) is 0 Å². The van der Waals surface area contributed by atoms with Crippen LogP contribution in [0.5, 0.6) is 0 Å². The first-order chi connectivity index (χ1) is 6.21. The molecule has 14 heavy (non-hydrogen) atoms. The summed E-state index contributed by atoms with van der Waals surface area (Å²) in [5, 5.41) is 0. The summed E-state index contributed by atoms with van der Waals surface area (Å²) in [6, 6.07) is 3.37. The predicted molar refractivity (Wildman–Crippen MR) is 42.4 cm³/mol. The van der Waals surface area contributed by atoms with Gasteiger partial charge < -0.3 is 9.11 Å². The molecule has 0 aliphatic carbocycles. The molecule has 1 aromatic rings. The molecule has 8 heteroatoms. The Hall–Kier alpha value is -0.960. The van der Waals surface area contributed by atoms with Crippen LogP contribution in [0.3, 0.4) is 0 Å². The zero-order valence-corrected chi connectivity index (χ0v) is 8.21. The van der Waals surface area contributed by atoms with Gasteiger partial charge in [0, 0.05) is 0 Å². The third-order valence-corrected chi connectivity index (χ3v) is 3.05. The molecule has 0 amide bonds. The number of benzene rings is 1. The van der Waals surface area contributed by atoms with E-state index in [0.717, 1.165) is 18.2 Å². The van der Waals surface area contributed by atoms with Gasteiger partial charge in [-0.1, -0.05) is 6.07 Å². The van der Waals surface area contributed by atoms with E-state index < -0.39 is 30.0 Å². The second-order valence-electron chi connectivity index (χ2n) is 2.38. The normalized spacial score (nSPS) is 12.7. The summed E-state index contributed by atoms with van der Waals surface area (Å²) in [4.78, 5) is -1.48. The zero-order chi connectivity index (χ0) is 11.0. The smallest absolute Gasteiger partial charge is 0.124 e. The Kier molecular flexibility index (Phi) is 2.63. The van der Waals surface area contributed by atoms with Crippen LogP contribution in [0, 0.1) is 0 Å². The van der Waals surface area contributed by atoms with Gasteiger partial charge in [0.15, 0.2) is 0 Å². The highest BCUT2D eigenvalue weighted by molar-refractivity contribution is 7.86. The summed E-state index contributed by atoms with van der Waals surface area (Å²) in [6.07, 6.45) is 0. The minimum atomic E-state index is -4.74. The predicted octanol–water partition coefficient (Wildman–Crippen LogP) is -0.505. The summed E-state index contributed by atoms with van der Waals surface area (Å²) in [7, 11) is -9.48. The van der Waals surface area contributed by atoms with Crippen LogP contribution in [0.1, 0.15) is 0 Å². The first-order valence-electron chi connectivity index (χ1n) is 3.23. The molecule has 0 heterocycles. The van der Waals surface area contributed by atoms with E-state index in [1.165, 1.54) is 0 Å². The molecule has 0 saturated carbocycles. The van der Waals surface area contributed by atoms with E-state index in [0.29, 0.717) is 6.07 Å². The van der Waals surface area contributed by atoms with Crippen molar-refractivity contribution < 1.29 is 25.9 Å². The van der Waals surface area contributed by atoms with Crippen molar-refractivity contribution in [2.75, 3.05) is 0 Å². The molecule has 0 fully saturated rings. The lowest BCUT2D eigenvalue weighted by Gasteiger charge is -2.10. The van der Waals surface area contributed by atoms with Gasteiger partial charge in [-0.25, -0.2) is 16.8 Å². The van der Waals surface area contributed by atoms with Gasteiger partial charge in [0.2, 0.25) is 0 Å². The fourth-order valence-corrected chi connectivity index (χ4v) is 1.89. The number of hydrogen-bond acceptors (Lipinski definition) is 6. The van der Waals surface area contributed by atoms with E-state index >= 15 is 0 Å². The molecule has 0 aromatic heterocycles. The Bertz CT molecular complexity index is 494. The molecule has 78 valence electrons. The molecule has 0 unspecified atom stereocenters. The molecule has 0 N–H and O–H groups in total. The summed E-state index contributed by atoms with van der Waals surface area (Å²) in [6.45, 7) is 0. The topological polar surface area (TPSA) is 114 Å². The van der Waals surface area contributed by atoms with Crippen LogP contribution in [-0.4, -0.2) is 25.9 Å². The van der Waals surface area contributed by atoms with Crippen LogP contribution in [-0.2, 0) is 20.2 Å². The van der Waals surface area contributed by atoms with E-state index in [1.54, 1.807) is 0 Å². The van der Waals surface area contributed by atoms with Crippen molar-refractivity contribution in [2.45, 2.75) is 9.79 Å². The van der Waals surface area contributed by atoms with Crippen molar-refractivity contribution >= 4 is 20.2 Å². The second-order valence-corrected chi connectivity index (χ2v) is 5.14. The van der Waals surface area contributed by atoms with Crippen LogP contribution in [0.2, 0.25) is 0 Å². The molecular weight excluding hydrogens is 232 g/mol. The van der Waals surface area contributed by atoms with Crippen molar-refractivity contribution in [2.24, 2.45) is 0 Å². The molecule has 0 atom stereocenters. The van der Waals surface area contributed by atoms with Crippen LogP contribution in [0.4, 0.5) is 0 Å². The minimum absolute atomic E-state index is 0.532. The largest absolute Gasteiger partial charge is 0.744 e. The van der Waals surface area contributed by atoms with Crippen molar-refractivity contribution in [3.63, 3.8) is 0 Å². The summed E-state index contributed by atoms with van der Waals surface area (Å²) in [5.41, 5.74) is 0. The Morgan fingerprint density at radius 3 is 1.50 bits per heavy atom. The highest BCUT2D eigenvalue weighted by atomic mass is 32.2. The van der Waals surface area contributed by atoms with Gasteiger partial charge >= 0.3 is 0 Å². The average molecular weight is 236 g/mol. The lowest BCUT2D eigenvalue weighted by Crippen LogP contribution is -2.03. The van der Waals surface area contributed by atoms with Crippen LogP contribution in [0.15, 0.2) is 34.1 Å². The maximum Gasteiger partial charge on any atom is 0.124 e. The highest BCUT2D eigenvalue weighted by Crippen LogP contribution is 2.14. The molecule has 1 rings (SSSR count). The van der Waals surface area contributed by atoms with Crippen molar-refractivity contribution in [1.82, 2.24) is 0 Å². The lowest BCUT2D eigenvalue weighted by molar-refractivity contribution is 0.461. The molecular formula is C6H4O6S2-2. The summed E-state index contributed by atoms with van der Waals surface area (Å²) in [5.74, 6) is 0. The Labute approximate surface area is 80.7 Å². The van der Waals surface area contributed by atoms with E-state index in [4.69, 9.17) is 0 Å². The molecule has 0 radical (unpaired) electrons. The molecule has 0 bridgehead atoms. The zero-order valence-electron chi connectivity index (χ0n) is 6.58.